The molecule has 20 heavy (non-hydrogen) atoms. The Morgan fingerprint density at radius 2 is 1.65 bits per heavy atom. The van der Waals surface area contributed by atoms with Crippen LogP contribution >= 0.6 is 0 Å². The van der Waals surface area contributed by atoms with Crippen molar-refractivity contribution in [1.82, 2.24) is 4.90 Å². The molecule has 0 saturated heterocycles. The second-order valence-corrected chi connectivity index (χ2v) is 5.27. The summed E-state index contributed by atoms with van der Waals surface area (Å²) in [5, 5.41) is 0. The van der Waals surface area contributed by atoms with Gasteiger partial charge in [0.2, 0.25) is 0 Å². The molecular formula is C19H19N. The Hall–Kier alpha value is -2.28. The largest absolute Gasteiger partial charge is 0.370 e. The summed E-state index contributed by atoms with van der Waals surface area (Å²) in [4.78, 5) is 2.22. The fourth-order valence-electron chi connectivity index (χ4n) is 2.69. The van der Waals surface area contributed by atoms with Crippen molar-refractivity contribution in [2.75, 3.05) is 7.05 Å². The van der Waals surface area contributed by atoms with E-state index >= 15 is 0 Å². The van der Waals surface area contributed by atoms with Crippen LogP contribution in [0.4, 0.5) is 0 Å². The number of aryl methyl sites for hydroxylation is 1. The average Bonchev–Trinajstić information content (AvgIpc) is 2.49. The van der Waals surface area contributed by atoms with Crippen LogP contribution in [-0.2, 0) is 0 Å². The first-order valence-electron chi connectivity index (χ1n) is 6.98. The highest BCUT2D eigenvalue weighted by molar-refractivity contribution is 5.67. The maximum absolute atomic E-state index is 2.23. The van der Waals surface area contributed by atoms with E-state index in [0.717, 1.165) is 0 Å². The Labute approximate surface area is 120 Å². The third kappa shape index (κ3) is 2.39. The smallest absolute Gasteiger partial charge is 0.0720 e. The molecule has 0 radical (unpaired) electrons. The van der Waals surface area contributed by atoms with Gasteiger partial charge in [-0.2, -0.15) is 0 Å². The van der Waals surface area contributed by atoms with Gasteiger partial charge in [0.15, 0.2) is 0 Å². The molecule has 3 rings (SSSR count). The van der Waals surface area contributed by atoms with Gasteiger partial charge in [-0.1, -0.05) is 60.7 Å². The molecule has 1 unspecified atom stereocenters. The highest BCUT2D eigenvalue weighted by Gasteiger charge is 2.13. The normalized spacial score (nSPS) is 17.5. The molecule has 100 valence electrons. The zero-order chi connectivity index (χ0) is 13.9. The lowest BCUT2D eigenvalue weighted by molar-refractivity contribution is 0.390. The van der Waals surface area contributed by atoms with Gasteiger partial charge in [0.05, 0.1) is 6.04 Å². The van der Waals surface area contributed by atoms with Crippen LogP contribution < -0.4 is 0 Å². The molecule has 2 aromatic rings. The standard InChI is InChI=1S/C19H19N/c1-15-7-3-4-8-18(15)16-10-12-17(13-11-16)19-9-5-6-14-20(19)2/h3-14,19H,1-2H3. The second-order valence-electron chi connectivity index (χ2n) is 5.27. The molecule has 0 spiro atoms. The highest BCUT2D eigenvalue weighted by Crippen LogP contribution is 2.28. The van der Waals surface area contributed by atoms with E-state index in [2.05, 4.69) is 91.8 Å². The first kappa shape index (κ1) is 12.7. The van der Waals surface area contributed by atoms with E-state index in [-0.39, 0.29) is 0 Å². The summed E-state index contributed by atoms with van der Waals surface area (Å²) in [6.45, 7) is 2.16. The molecule has 0 N–H and O–H groups in total. The molecule has 1 atom stereocenters. The number of benzene rings is 2. The van der Waals surface area contributed by atoms with Gasteiger partial charge < -0.3 is 4.90 Å². The molecule has 1 nitrogen and oxygen atoms in total. The minimum Gasteiger partial charge on any atom is -0.370 e. The number of rotatable bonds is 2. The quantitative estimate of drug-likeness (QED) is 0.756. The SMILES string of the molecule is Cc1ccccc1-c1ccc(C2C=CC=CN2C)cc1. The summed E-state index contributed by atoms with van der Waals surface area (Å²) in [6, 6.07) is 17.8. The third-order valence-corrected chi connectivity index (χ3v) is 3.87. The first-order valence-corrected chi connectivity index (χ1v) is 6.98. The van der Waals surface area contributed by atoms with Crippen LogP contribution in [-0.4, -0.2) is 11.9 Å². The van der Waals surface area contributed by atoms with Gasteiger partial charge >= 0.3 is 0 Å². The van der Waals surface area contributed by atoms with Crippen molar-refractivity contribution >= 4 is 0 Å². The van der Waals surface area contributed by atoms with Gasteiger partial charge in [0, 0.05) is 7.05 Å². The number of hydrogen-bond donors (Lipinski definition) is 0. The topological polar surface area (TPSA) is 3.24 Å². The van der Waals surface area contributed by atoms with Gasteiger partial charge in [-0.25, -0.2) is 0 Å². The molecule has 0 aliphatic carbocycles. The zero-order valence-electron chi connectivity index (χ0n) is 12.0. The van der Waals surface area contributed by atoms with E-state index in [1.54, 1.807) is 0 Å². The van der Waals surface area contributed by atoms with E-state index in [4.69, 9.17) is 0 Å². The van der Waals surface area contributed by atoms with Crippen LogP contribution in [0, 0.1) is 6.92 Å². The first-order chi connectivity index (χ1) is 9.75. The molecule has 2 aromatic carbocycles. The van der Waals surface area contributed by atoms with Gasteiger partial charge in [-0.15, -0.1) is 0 Å². The van der Waals surface area contributed by atoms with E-state index < -0.39 is 0 Å². The third-order valence-electron chi connectivity index (χ3n) is 3.87. The molecule has 0 fully saturated rings. The van der Waals surface area contributed by atoms with Crippen LogP contribution in [0.1, 0.15) is 17.2 Å². The number of nitrogens with zero attached hydrogens (tertiary/aromatic N) is 1. The minimum atomic E-state index is 0.339. The molecule has 1 heteroatoms. The van der Waals surface area contributed by atoms with E-state index in [1.165, 1.54) is 22.3 Å². The van der Waals surface area contributed by atoms with Crippen molar-refractivity contribution in [3.8, 4) is 11.1 Å². The zero-order valence-corrected chi connectivity index (χ0v) is 12.0. The molecule has 1 aliphatic heterocycles. The Morgan fingerprint density at radius 3 is 2.35 bits per heavy atom. The van der Waals surface area contributed by atoms with E-state index in [0.29, 0.717) is 6.04 Å². The lowest BCUT2D eigenvalue weighted by Crippen LogP contribution is -2.18. The van der Waals surface area contributed by atoms with Crippen LogP contribution in [0.5, 0.6) is 0 Å². The van der Waals surface area contributed by atoms with Crippen molar-refractivity contribution in [2.45, 2.75) is 13.0 Å². The number of hydrogen-bond acceptors (Lipinski definition) is 1. The Bertz CT molecular complexity index is 650. The summed E-state index contributed by atoms with van der Waals surface area (Å²) in [5.74, 6) is 0. The summed E-state index contributed by atoms with van der Waals surface area (Å²) in [5.41, 5.74) is 5.24. The molecule has 1 heterocycles. The summed E-state index contributed by atoms with van der Waals surface area (Å²) >= 11 is 0. The molecule has 0 bridgehead atoms. The average molecular weight is 261 g/mol. The lowest BCUT2D eigenvalue weighted by atomic mass is 9.97. The molecule has 0 saturated carbocycles. The maximum Gasteiger partial charge on any atom is 0.0720 e. The van der Waals surface area contributed by atoms with Gasteiger partial charge in [0.25, 0.3) is 0 Å². The van der Waals surface area contributed by atoms with Crippen LogP contribution in [0.2, 0.25) is 0 Å². The minimum absolute atomic E-state index is 0.339. The van der Waals surface area contributed by atoms with Crippen molar-refractivity contribution in [3.05, 3.63) is 84.1 Å². The highest BCUT2D eigenvalue weighted by atomic mass is 15.1. The van der Waals surface area contributed by atoms with Crippen molar-refractivity contribution in [2.24, 2.45) is 0 Å². The van der Waals surface area contributed by atoms with Crippen LogP contribution in [0.3, 0.4) is 0 Å². The molecule has 0 amide bonds. The Kier molecular flexibility index (Phi) is 3.42. The summed E-state index contributed by atoms with van der Waals surface area (Å²) < 4.78 is 0. The predicted octanol–water partition coefficient (Wildman–Crippen LogP) is 4.72. The molecule has 0 aromatic heterocycles. The monoisotopic (exact) mass is 261 g/mol. The number of allylic oxidation sites excluding steroid dienone is 2. The van der Waals surface area contributed by atoms with Gasteiger partial charge in [0.1, 0.15) is 0 Å². The Balaban J connectivity index is 1.91. The number of likely N-dealkylation sites (N-methyl/N-ethyl adjacent to an activating group) is 1. The van der Waals surface area contributed by atoms with Gasteiger partial charge in [-0.3, -0.25) is 0 Å². The lowest BCUT2D eigenvalue weighted by Gasteiger charge is -2.26. The fraction of sp³-hybridized carbons (Fsp3) is 0.158. The summed E-state index contributed by atoms with van der Waals surface area (Å²) in [7, 11) is 2.11. The van der Waals surface area contributed by atoms with E-state index in [9.17, 15) is 0 Å². The van der Waals surface area contributed by atoms with Crippen LogP contribution in [0.25, 0.3) is 11.1 Å². The van der Waals surface area contributed by atoms with E-state index in [1.807, 2.05) is 0 Å². The summed E-state index contributed by atoms with van der Waals surface area (Å²) in [6.07, 6.45) is 8.51. The molecule has 1 aliphatic rings. The molecular weight excluding hydrogens is 242 g/mol. The van der Waals surface area contributed by atoms with Crippen molar-refractivity contribution < 1.29 is 0 Å². The van der Waals surface area contributed by atoms with Crippen molar-refractivity contribution in [1.29, 1.82) is 0 Å². The Morgan fingerprint density at radius 1 is 0.900 bits per heavy atom. The van der Waals surface area contributed by atoms with Crippen LogP contribution in [0.15, 0.2) is 73.0 Å². The fourth-order valence-corrected chi connectivity index (χ4v) is 2.69. The second kappa shape index (κ2) is 5.38. The van der Waals surface area contributed by atoms with Crippen molar-refractivity contribution in [3.63, 3.8) is 0 Å². The maximum atomic E-state index is 2.23. The predicted molar refractivity (Wildman–Crippen MR) is 85.4 cm³/mol. The van der Waals surface area contributed by atoms with Gasteiger partial charge in [-0.05, 0) is 41.5 Å².